The van der Waals surface area contributed by atoms with E-state index in [1.165, 1.54) is 4.70 Å². The Kier molecular flexibility index (Phi) is 4.18. The van der Waals surface area contributed by atoms with E-state index in [2.05, 4.69) is 27.8 Å². The van der Waals surface area contributed by atoms with E-state index in [0.29, 0.717) is 6.61 Å². The normalized spacial score (nSPS) is 12.5. The fourth-order valence-corrected chi connectivity index (χ4v) is 3.32. The second kappa shape index (κ2) is 6.24. The molecule has 0 aliphatic heterocycles. The number of aromatic nitrogens is 1. The first-order valence-corrected chi connectivity index (χ1v) is 7.93. The number of nitrogens with one attached hydrogen (secondary N) is 1. The molecule has 3 rings (SSSR count). The Labute approximate surface area is 128 Å². The van der Waals surface area contributed by atoms with Crippen LogP contribution in [0.15, 0.2) is 48.0 Å². The van der Waals surface area contributed by atoms with Gasteiger partial charge >= 0.3 is 0 Å². The monoisotopic (exact) mass is 298 g/mol. The molecule has 0 spiro atoms. The molecule has 0 fully saturated rings. The number of para-hydroxylation sites is 1. The van der Waals surface area contributed by atoms with Gasteiger partial charge in [-0.2, -0.15) is 0 Å². The highest BCUT2D eigenvalue weighted by atomic mass is 32.1. The molecule has 4 heteroatoms. The molecule has 0 bridgehead atoms. The van der Waals surface area contributed by atoms with Gasteiger partial charge in [-0.3, -0.25) is 4.98 Å². The van der Waals surface area contributed by atoms with Crippen LogP contribution in [-0.2, 0) is 0 Å². The summed E-state index contributed by atoms with van der Waals surface area (Å²) < 4.78 is 6.97. The van der Waals surface area contributed by atoms with Crippen molar-refractivity contribution in [1.82, 2.24) is 10.3 Å². The fraction of sp³-hybridized carbons (Fsp3) is 0.235. The van der Waals surface area contributed by atoms with Gasteiger partial charge in [-0.25, -0.2) is 0 Å². The minimum atomic E-state index is 0.0757. The Morgan fingerprint density at radius 1 is 1.29 bits per heavy atom. The van der Waals surface area contributed by atoms with Crippen molar-refractivity contribution in [2.45, 2.75) is 13.0 Å². The van der Waals surface area contributed by atoms with Crippen LogP contribution in [0.25, 0.3) is 10.2 Å². The quantitative estimate of drug-likeness (QED) is 0.773. The molecule has 0 radical (unpaired) electrons. The molecule has 3 aromatic rings. The lowest BCUT2D eigenvalue weighted by Gasteiger charge is -2.20. The maximum atomic E-state index is 5.76. The standard InChI is InChI=1S/C17H18N2OS/c1-3-20-15-7-5-4-6-13(15)17(18-2)12-10-16-14(19-11-12)8-9-21-16/h4-11,17-18H,3H2,1-2H3. The zero-order chi connectivity index (χ0) is 14.7. The first-order valence-electron chi connectivity index (χ1n) is 7.05. The van der Waals surface area contributed by atoms with Crippen molar-refractivity contribution < 1.29 is 4.74 Å². The maximum Gasteiger partial charge on any atom is 0.124 e. The Hall–Kier alpha value is -1.91. The molecule has 0 saturated heterocycles. The number of rotatable bonds is 5. The topological polar surface area (TPSA) is 34.1 Å². The highest BCUT2D eigenvalue weighted by Gasteiger charge is 2.17. The minimum absolute atomic E-state index is 0.0757. The third-order valence-electron chi connectivity index (χ3n) is 3.48. The number of pyridine rings is 1. The van der Waals surface area contributed by atoms with Gasteiger partial charge in [-0.15, -0.1) is 11.3 Å². The van der Waals surface area contributed by atoms with Gasteiger partial charge in [0, 0.05) is 11.8 Å². The van der Waals surface area contributed by atoms with Crippen LogP contribution in [0.5, 0.6) is 5.75 Å². The van der Waals surface area contributed by atoms with E-state index in [-0.39, 0.29) is 6.04 Å². The van der Waals surface area contributed by atoms with Crippen molar-refractivity contribution in [1.29, 1.82) is 0 Å². The number of hydrogen-bond acceptors (Lipinski definition) is 4. The minimum Gasteiger partial charge on any atom is -0.494 e. The zero-order valence-corrected chi connectivity index (χ0v) is 13.0. The summed E-state index contributed by atoms with van der Waals surface area (Å²) in [6.07, 6.45) is 1.94. The van der Waals surface area contributed by atoms with Crippen LogP contribution in [0.2, 0.25) is 0 Å². The summed E-state index contributed by atoms with van der Waals surface area (Å²) in [6, 6.07) is 12.5. The molecule has 108 valence electrons. The van der Waals surface area contributed by atoms with Crippen molar-refractivity contribution in [2.75, 3.05) is 13.7 Å². The van der Waals surface area contributed by atoms with E-state index in [0.717, 1.165) is 22.4 Å². The van der Waals surface area contributed by atoms with Crippen molar-refractivity contribution >= 4 is 21.6 Å². The van der Waals surface area contributed by atoms with E-state index >= 15 is 0 Å². The Morgan fingerprint density at radius 3 is 2.95 bits per heavy atom. The zero-order valence-electron chi connectivity index (χ0n) is 12.2. The van der Waals surface area contributed by atoms with E-state index < -0.39 is 0 Å². The average molecular weight is 298 g/mol. The van der Waals surface area contributed by atoms with Crippen LogP contribution in [-0.4, -0.2) is 18.6 Å². The third kappa shape index (κ3) is 2.77. The number of nitrogens with zero attached hydrogens (tertiary/aromatic N) is 1. The van der Waals surface area contributed by atoms with Gasteiger partial charge in [0.25, 0.3) is 0 Å². The van der Waals surface area contributed by atoms with Crippen LogP contribution in [0.4, 0.5) is 0 Å². The van der Waals surface area contributed by atoms with E-state index in [4.69, 9.17) is 4.74 Å². The summed E-state index contributed by atoms with van der Waals surface area (Å²) in [6.45, 7) is 2.67. The molecule has 1 N–H and O–H groups in total. The lowest BCUT2D eigenvalue weighted by Crippen LogP contribution is -2.18. The highest BCUT2D eigenvalue weighted by Crippen LogP contribution is 2.31. The number of benzene rings is 1. The van der Waals surface area contributed by atoms with E-state index in [9.17, 15) is 0 Å². The lowest BCUT2D eigenvalue weighted by atomic mass is 9.99. The summed E-state index contributed by atoms with van der Waals surface area (Å²) >= 11 is 1.72. The summed E-state index contributed by atoms with van der Waals surface area (Å²) in [5, 5.41) is 5.45. The summed E-state index contributed by atoms with van der Waals surface area (Å²) in [5.41, 5.74) is 3.34. The number of ether oxygens (including phenoxy) is 1. The predicted molar refractivity (Wildman–Crippen MR) is 88.1 cm³/mol. The van der Waals surface area contributed by atoms with E-state index in [1.54, 1.807) is 11.3 Å². The molecule has 1 atom stereocenters. The maximum absolute atomic E-state index is 5.76. The Bertz CT molecular complexity index is 738. The molecule has 0 aliphatic carbocycles. The second-order valence-electron chi connectivity index (χ2n) is 4.77. The van der Waals surface area contributed by atoms with Gasteiger partial charge in [0.2, 0.25) is 0 Å². The molecule has 2 heterocycles. The first-order chi connectivity index (χ1) is 10.3. The molecule has 2 aromatic heterocycles. The molecular formula is C17H18N2OS. The van der Waals surface area contributed by atoms with Crippen molar-refractivity contribution in [3.05, 3.63) is 59.1 Å². The van der Waals surface area contributed by atoms with Gasteiger partial charge in [-0.1, -0.05) is 18.2 Å². The van der Waals surface area contributed by atoms with Crippen LogP contribution in [0, 0.1) is 0 Å². The first kappa shape index (κ1) is 14.0. The molecule has 0 aliphatic rings. The molecule has 0 saturated carbocycles. The number of hydrogen-bond donors (Lipinski definition) is 1. The van der Waals surface area contributed by atoms with Crippen LogP contribution in [0.1, 0.15) is 24.1 Å². The lowest BCUT2D eigenvalue weighted by molar-refractivity contribution is 0.334. The van der Waals surface area contributed by atoms with Gasteiger partial charge in [0.05, 0.1) is 22.9 Å². The van der Waals surface area contributed by atoms with Gasteiger partial charge in [0.15, 0.2) is 0 Å². The van der Waals surface area contributed by atoms with Crippen molar-refractivity contribution in [2.24, 2.45) is 0 Å². The SMILES string of the molecule is CCOc1ccccc1C(NC)c1cnc2ccsc2c1. The van der Waals surface area contributed by atoms with Gasteiger partial charge in [0.1, 0.15) is 5.75 Å². The van der Waals surface area contributed by atoms with Crippen LogP contribution in [0.3, 0.4) is 0 Å². The van der Waals surface area contributed by atoms with Crippen LogP contribution < -0.4 is 10.1 Å². The van der Waals surface area contributed by atoms with E-state index in [1.807, 2.05) is 44.4 Å². The Morgan fingerprint density at radius 2 is 2.14 bits per heavy atom. The summed E-state index contributed by atoms with van der Waals surface area (Å²) in [7, 11) is 1.96. The molecule has 3 nitrogen and oxygen atoms in total. The van der Waals surface area contributed by atoms with Gasteiger partial charge in [-0.05, 0) is 43.1 Å². The van der Waals surface area contributed by atoms with Crippen molar-refractivity contribution in [3.63, 3.8) is 0 Å². The molecule has 1 unspecified atom stereocenters. The largest absolute Gasteiger partial charge is 0.494 e. The molecule has 21 heavy (non-hydrogen) atoms. The predicted octanol–water partition coefficient (Wildman–Crippen LogP) is 4.00. The molecule has 1 aromatic carbocycles. The molecular weight excluding hydrogens is 280 g/mol. The Balaban J connectivity index is 2.04. The van der Waals surface area contributed by atoms with Crippen LogP contribution >= 0.6 is 11.3 Å². The summed E-state index contributed by atoms with van der Waals surface area (Å²) in [4.78, 5) is 4.54. The second-order valence-corrected chi connectivity index (χ2v) is 5.71. The smallest absolute Gasteiger partial charge is 0.124 e. The fourth-order valence-electron chi connectivity index (χ4n) is 2.53. The highest BCUT2D eigenvalue weighted by molar-refractivity contribution is 7.17. The summed E-state index contributed by atoms with van der Waals surface area (Å²) in [5.74, 6) is 0.922. The third-order valence-corrected chi connectivity index (χ3v) is 4.33. The van der Waals surface area contributed by atoms with Crippen molar-refractivity contribution in [3.8, 4) is 5.75 Å². The van der Waals surface area contributed by atoms with Gasteiger partial charge < -0.3 is 10.1 Å². The average Bonchev–Trinajstić information content (AvgIpc) is 2.98. The number of thiophene rings is 1. The number of fused-ring (bicyclic) bond motifs is 1. The molecule has 0 amide bonds.